The largest absolute Gasteiger partial charge is 0.497 e. The maximum Gasteiger partial charge on any atom is 0.193 e. The predicted octanol–water partition coefficient (Wildman–Crippen LogP) is 0.759. The quantitative estimate of drug-likeness (QED) is 0.623. The number of anilines is 1. The van der Waals surface area contributed by atoms with Crippen molar-refractivity contribution in [1.29, 1.82) is 0 Å². The van der Waals surface area contributed by atoms with Crippen molar-refractivity contribution < 1.29 is 9.47 Å². The van der Waals surface area contributed by atoms with Gasteiger partial charge in [0.2, 0.25) is 0 Å². The van der Waals surface area contributed by atoms with E-state index in [1.807, 2.05) is 0 Å². The maximum absolute atomic E-state index is 5.88. The van der Waals surface area contributed by atoms with Crippen molar-refractivity contribution in [3.8, 4) is 11.5 Å². The van der Waals surface area contributed by atoms with Gasteiger partial charge in [0.1, 0.15) is 11.5 Å². The summed E-state index contributed by atoms with van der Waals surface area (Å²) in [6, 6.07) is 5.38. The van der Waals surface area contributed by atoms with Gasteiger partial charge in [0.05, 0.1) is 38.3 Å². The summed E-state index contributed by atoms with van der Waals surface area (Å²) < 4.78 is 12.1. The van der Waals surface area contributed by atoms with Crippen molar-refractivity contribution >= 4 is 11.6 Å². The molecule has 1 heterocycles. The number of hydrogen-bond acceptors (Lipinski definition) is 5. The summed E-state index contributed by atoms with van der Waals surface area (Å²) in [5.41, 5.74) is 7.42. The molecule has 2 aromatic rings. The third-order valence-electron chi connectivity index (χ3n) is 2.89. The van der Waals surface area contributed by atoms with Gasteiger partial charge in [-0.3, -0.25) is 4.68 Å². The van der Waals surface area contributed by atoms with Crippen LogP contribution in [0.1, 0.15) is 5.69 Å². The summed E-state index contributed by atoms with van der Waals surface area (Å²) in [5, 5.41) is 10.6. The van der Waals surface area contributed by atoms with Crippen molar-refractivity contribution in [3.05, 3.63) is 30.1 Å². The first-order valence-corrected chi connectivity index (χ1v) is 6.26. The highest BCUT2D eigenvalue weighted by Crippen LogP contribution is 2.28. The number of benzene rings is 1. The first-order chi connectivity index (χ1) is 10.1. The Morgan fingerprint density at radius 2 is 2.19 bits per heavy atom. The Morgan fingerprint density at radius 3 is 2.81 bits per heavy atom. The number of aliphatic imine (C=N–C) groups is 1. The highest BCUT2D eigenvalue weighted by molar-refractivity contribution is 5.93. The fourth-order valence-corrected chi connectivity index (χ4v) is 1.71. The number of nitrogens with zero attached hydrogens (tertiary/aromatic N) is 4. The van der Waals surface area contributed by atoms with Gasteiger partial charge in [0.15, 0.2) is 5.96 Å². The zero-order valence-corrected chi connectivity index (χ0v) is 12.2. The van der Waals surface area contributed by atoms with E-state index in [2.05, 4.69) is 20.6 Å². The molecule has 0 amide bonds. The van der Waals surface area contributed by atoms with Gasteiger partial charge in [0.25, 0.3) is 0 Å². The molecule has 0 atom stereocenters. The van der Waals surface area contributed by atoms with Crippen LogP contribution in [-0.2, 0) is 13.6 Å². The van der Waals surface area contributed by atoms with Crippen LogP contribution in [0.3, 0.4) is 0 Å². The Hall–Kier alpha value is -2.77. The normalized spacial score (nSPS) is 11.3. The highest BCUT2D eigenvalue weighted by atomic mass is 16.5. The number of nitrogens with one attached hydrogen (secondary N) is 1. The molecule has 1 aromatic carbocycles. The molecule has 0 bridgehead atoms. The molecule has 0 aliphatic heterocycles. The fourth-order valence-electron chi connectivity index (χ4n) is 1.71. The predicted molar refractivity (Wildman–Crippen MR) is 79.5 cm³/mol. The lowest BCUT2D eigenvalue weighted by Gasteiger charge is -2.12. The lowest BCUT2D eigenvalue weighted by molar-refractivity contribution is 0.405. The third kappa shape index (κ3) is 3.62. The monoisotopic (exact) mass is 290 g/mol. The first kappa shape index (κ1) is 14.6. The van der Waals surface area contributed by atoms with Crippen LogP contribution >= 0.6 is 0 Å². The number of ether oxygens (including phenoxy) is 2. The van der Waals surface area contributed by atoms with Gasteiger partial charge in [-0.05, 0) is 12.1 Å². The first-order valence-electron chi connectivity index (χ1n) is 6.26. The van der Waals surface area contributed by atoms with E-state index in [1.165, 1.54) is 0 Å². The van der Waals surface area contributed by atoms with E-state index in [9.17, 15) is 0 Å². The smallest absolute Gasteiger partial charge is 0.193 e. The van der Waals surface area contributed by atoms with Crippen LogP contribution in [0.25, 0.3) is 0 Å². The summed E-state index contributed by atoms with van der Waals surface area (Å²) >= 11 is 0. The molecule has 0 saturated carbocycles. The van der Waals surface area contributed by atoms with E-state index < -0.39 is 0 Å². The second-order valence-electron chi connectivity index (χ2n) is 4.24. The molecular weight excluding hydrogens is 272 g/mol. The van der Waals surface area contributed by atoms with Gasteiger partial charge in [0, 0.05) is 13.1 Å². The molecule has 8 heteroatoms. The van der Waals surface area contributed by atoms with Crippen molar-refractivity contribution in [3.63, 3.8) is 0 Å². The number of nitrogens with two attached hydrogens (primary N) is 1. The van der Waals surface area contributed by atoms with Crippen LogP contribution < -0.4 is 20.5 Å². The van der Waals surface area contributed by atoms with Gasteiger partial charge in [-0.25, -0.2) is 4.99 Å². The molecule has 2 rings (SSSR count). The van der Waals surface area contributed by atoms with Gasteiger partial charge in [-0.15, -0.1) is 5.10 Å². The summed E-state index contributed by atoms with van der Waals surface area (Å²) in [4.78, 5) is 4.24. The SMILES string of the molecule is COc1ccc(OC)c(NC(N)=NCc2cnnn2C)c1. The number of guanidine groups is 1. The molecule has 112 valence electrons. The molecule has 8 nitrogen and oxygen atoms in total. The molecule has 3 N–H and O–H groups in total. The number of methoxy groups -OCH3 is 2. The Bertz CT molecular complexity index is 637. The fraction of sp³-hybridized carbons (Fsp3) is 0.308. The minimum absolute atomic E-state index is 0.266. The van der Waals surface area contributed by atoms with Gasteiger partial charge < -0.3 is 20.5 Å². The average molecular weight is 290 g/mol. The van der Waals surface area contributed by atoms with Crippen LogP contribution in [0, 0.1) is 0 Å². The number of hydrogen-bond donors (Lipinski definition) is 2. The molecule has 0 fully saturated rings. The Labute approximate surface area is 122 Å². The van der Waals surface area contributed by atoms with Crippen LogP contribution in [0.5, 0.6) is 11.5 Å². The van der Waals surface area contributed by atoms with Gasteiger partial charge in [-0.1, -0.05) is 5.21 Å². The second-order valence-corrected chi connectivity index (χ2v) is 4.24. The van der Waals surface area contributed by atoms with Crippen LogP contribution in [0.4, 0.5) is 5.69 Å². The minimum atomic E-state index is 0.266. The van der Waals surface area contributed by atoms with E-state index >= 15 is 0 Å². The highest BCUT2D eigenvalue weighted by Gasteiger charge is 2.06. The van der Waals surface area contributed by atoms with Crippen LogP contribution in [-0.4, -0.2) is 35.2 Å². The van der Waals surface area contributed by atoms with E-state index in [0.717, 1.165) is 5.69 Å². The number of aromatic nitrogens is 3. The van der Waals surface area contributed by atoms with Gasteiger partial charge >= 0.3 is 0 Å². The number of rotatable bonds is 5. The molecule has 0 aliphatic rings. The van der Waals surface area contributed by atoms with Crippen molar-refractivity contribution in [2.75, 3.05) is 19.5 Å². The Morgan fingerprint density at radius 1 is 1.38 bits per heavy atom. The molecule has 1 aromatic heterocycles. The summed E-state index contributed by atoms with van der Waals surface area (Å²) in [6.45, 7) is 0.384. The van der Waals surface area contributed by atoms with Crippen molar-refractivity contribution in [2.45, 2.75) is 6.54 Å². The van der Waals surface area contributed by atoms with Gasteiger partial charge in [-0.2, -0.15) is 0 Å². The lowest BCUT2D eigenvalue weighted by atomic mass is 10.2. The summed E-state index contributed by atoms with van der Waals surface area (Å²) in [5.74, 6) is 1.61. The Balaban J connectivity index is 2.11. The standard InChI is InChI=1S/C13H18N6O2/c1-19-9(8-16-18-19)7-15-13(14)17-11-6-10(20-2)4-5-12(11)21-3/h4-6,8H,7H2,1-3H3,(H3,14,15,17). The van der Waals surface area contributed by atoms with E-state index in [4.69, 9.17) is 15.2 Å². The molecule has 0 spiro atoms. The van der Waals surface area contributed by atoms with E-state index in [-0.39, 0.29) is 5.96 Å². The summed E-state index contributed by atoms with van der Waals surface area (Å²) in [7, 11) is 4.98. The topological polar surface area (TPSA) is 99.6 Å². The summed E-state index contributed by atoms with van der Waals surface area (Å²) in [6.07, 6.45) is 1.64. The number of aryl methyl sites for hydroxylation is 1. The zero-order valence-electron chi connectivity index (χ0n) is 12.2. The van der Waals surface area contributed by atoms with Crippen molar-refractivity contribution in [2.24, 2.45) is 17.8 Å². The Kier molecular flexibility index (Phi) is 4.60. The van der Waals surface area contributed by atoms with Crippen molar-refractivity contribution in [1.82, 2.24) is 15.0 Å². The minimum Gasteiger partial charge on any atom is -0.497 e. The van der Waals surface area contributed by atoms with E-state index in [1.54, 1.807) is 50.3 Å². The molecule has 0 aliphatic carbocycles. The molecule has 0 saturated heterocycles. The van der Waals surface area contributed by atoms with Crippen LogP contribution in [0.15, 0.2) is 29.4 Å². The average Bonchev–Trinajstić information content (AvgIpc) is 2.90. The molecule has 21 heavy (non-hydrogen) atoms. The van der Waals surface area contributed by atoms with Crippen LogP contribution in [0.2, 0.25) is 0 Å². The molecule has 0 radical (unpaired) electrons. The molecule has 0 unspecified atom stereocenters. The lowest BCUT2D eigenvalue weighted by Crippen LogP contribution is -2.23. The third-order valence-corrected chi connectivity index (χ3v) is 2.89. The van der Waals surface area contributed by atoms with E-state index in [0.29, 0.717) is 23.7 Å². The molecular formula is C13H18N6O2. The second kappa shape index (κ2) is 6.60. The zero-order chi connectivity index (χ0) is 15.2. The maximum atomic E-state index is 5.88.